The third-order valence-electron chi connectivity index (χ3n) is 1.84. The van der Waals surface area contributed by atoms with Gasteiger partial charge in [0.1, 0.15) is 6.04 Å². The van der Waals surface area contributed by atoms with Gasteiger partial charge in [-0.25, -0.2) is 0 Å². The van der Waals surface area contributed by atoms with E-state index < -0.39 is 6.04 Å². The fraction of sp³-hybridized carbons (Fsp3) is 0.571. The molecule has 0 saturated carbocycles. The fourth-order valence-corrected chi connectivity index (χ4v) is 1.13. The number of carbonyl (C=O) groups excluding carboxylic acids is 2. The monoisotopic (exact) mass is 216 g/mol. The Morgan fingerprint density at radius 3 is 2.79 bits per heavy atom. The van der Waals surface area contributed by atoms with Crippen molar-refractivity contribution in [2.45, 2.75) is 18.9 Å². The summed E-state index contributed by atoms with van der Waals surface area (Å²) in [6.45, 7) is 0. The summed E-state index contributed by atoms with van der Waals surface area (Å²) in [7, 11) is 1.64. The Morgan fingerprint density at radius 2 is 2.29 bits per heavy atom. The molecule has 1 atom stereocenters. The van der Waals surface area contributed by atoms with E-state index in [0.717, 1.165) is 0 Å². The molecule has 1 aliphatic rings. The number of nitrogens with one attached hydrogen (secondary N) is 4. The van der Waals surface area contributed by atoms with Gasteiger partial charge in [0.05, 0.1) is 0 Å². The van der Waals surface area contributed by atoms with Crippen LogP contribution in [0.3, 0.4) is 0 Å². The number of hydrogen-bond donors (Lipinski definition) is 4. The van der Waals surface area contributed by atoms with E-state index in [0.29, 0.717) is 18.0 Å². The highest BCUT2D eigenvalue weighted by atomic mass is 32.1. The number of amides is 2. The zero-order valence-corrected chi connectivity index (χ0v) is 8.53. The van der Waals surface area contributed by atoms with E-state index in [1.165, 1.54) is 0 Å². The average Bonchev–Trinajstić information content (AvgIpc) is 2.60. The molecule has 1 heterocycles. The van der Waals surface area contributed by atoms with Crippen molar-refractivity contribution in [2.24, 2.45) is 0 Å². The first-order valence-electron chi connectivity index (χ1n) is 4.20. The van der Waals surface area contributed by atoms with Crippen LogP contribution in [0.25, 0.3) is 0 Å². The van der Waals surface area contributed by atoms with Crippen LogP contribution >= 0.6 is 12.2 Å². The molecule has 1 saturated heterocycles. The minimum atomic E-state index is -0.449. The Hall–Kier alpha value is -1.37. The van der Waals surface area contributed by atoms with Gasteiger partial charge in [-0.05, 0) is 18.6 Å². The summed E-state index contributed by atoms with van der Waals surface area (Å²) in [4.78, 5) is 22.1. The molecular weight excluding hydrogens is 204 g/mol. The highest BCUT2D eigenvalue weighted by Gasteiger charge is 2.26. The van der Waals surface area contributed by atoms with Crippen LogP contribution in [0.5, 0.6) is 0 Å². The van der Waals surface area contributed by atoms with Crippen molar-refractivity contribution in [3.05, 3.63) is 0 Å². The number of rotatable bonds is 1. The molecule has 6 nitrogen and oxygen atoms in total. The Labute approximate surface area is 86.8 Å². The standard InChI is InChI=1S/C7H12N4O2S/c1-8-7(14)11-10-6(13)4-2-3-5(12)9-4/h4H,2-3H2,1H3,(H,9,12)(H,10,13)(H2,8,11,14). The molecule has 1 unspecified atom stereocenters. The number of carbonyl (C=O) groups is 2. The van der Waals surface area contributed by atoms with Crippen molar-refractivity contribution < 1.29 is 9.59 Å². The average molecular weight is 216 g/mol. The molecule has 0 bridgehead atoms. The number of hydrogen-bond acceptors (Lipinski definition) is 3. The van der Waals surface area contributed by atoms with E-state index in [4.69, 9.17) is 12.2 Å². The van der Waals surface area contributed by atoms with Crippen molar-refractivity contribution in [3.63, 3.8) is 0 Å². The summed E-state index contributed by atoms with van der Waals surface area (Å²) in [5, 5.41) is 5.50. The van der Waals surface area contributed by atoms with E-state index in [1.54, 1.807) is 7.05 Å². The summed E-state index contributed by atoms with van der Waals surface area (Å²) in [6.07, 6.45) is 0.924. The van der Waals surface area contributed by atoms with E-state index >= 15 is 0 Å². The molecule has 1 rings (SSSR count). The fourth-order valence-electron chi connectivity index (χ4n) is 1.08. The first-order chi connectivity index (χ1) is 6.63. The van der Waals surface area contributed by atoms with E-state index in [2.05, 4.69) is 21.5 Å². The molecule has 1 aliphatic heterocycles. The molecule has 2 amide bonds. The molecule has 0 spiro atoms. The van der Waals surface area contributed by atoms with Crippen LogP contribution in [-0.2, 0) is 9.59 Å². The number of thiocarbonyl (C=S) groups is 1. The predicted octanol–water partition coefficient (Wildman–Crippen LogP) is -1.61. The van der Waals surface area contributed by atoms with Gasteiger partial charge in [-0.2, -0.15) is 0 Å². The Kier molecular flexibility index (Phi) is 3.63. The molecule has 78 valence electrons. The second-order valence-corrected chi connectivity index (χ2v) is 3.26. The van der Waals surface area contributed by atoms with Crippen molar-refractivity contribution in [3.8, 4) is 0 Å². The van der Waals surface area contributed by atoms with Crippen molar-refractivity contribution in [2.75, 3.05) is 7.05 Å². The lowest BCUT2D eigenvalue weighted by atomic mass is 10.2. The van der Waals surface area contributed by atoms with Crippen LogP contribution < -0.4 is 21.5 Å². The van der Waals surface area contributed by atoms with Gasteiger partial charge in [0.2, 0.25) is 5.91 Å². The summed E-state index contributed by atoms with van der Waals surface area (Å²) in [5.74, 6) is -0.380. The molecule has 1 fully saturated rings. The van der Waals surface area contributed by atoms with Crippen molar-refractivity contribution in [1.82, 2.24) is 21.5 Å². The number of hydrazine groups is 1. The van der Waals surface area contributed by atoms with Gasteiger partial charge in [-0.1, -0.05) is 0 Å². The molecule has 14 heavy (non-hydrogen) atoms. The lowest BCUT2D eigenvalue weighted by Crippen LogP contribution is -2.51. The molecule has 0 aromatic carbocycles. The maximum Gasteiger partial charge on any atom is 0.260 e. The summed E-state index contributed by atoms with van der Waals surface area (Å²) < 4.78 is 0. The van der Waals surface area contributed by atoms with Crippen LogP contribution in [0.1, 0.15) is 12.8 Å². The Balaban J connectivity index is 2.28. The quantitative estimate of drug-likeness (QED) is 0.313. The van der Waals surface area contributed by atoms with Gasteiger partial charge < -0.3 is 10.6 Å². The van der Waals surface area contributed by atoms with Crippen molar-refractivity contribution >= 4 is 29.1 Å². The Bertz CT molecular complexity index is 268. The molecule has 4 N–H and O–H groups in total. The van der Waals surface area contributed by atoms with Crippen LogP contribution in [0.2, 0.25) is 0 Å². The zero-order chi connectivity index (χ0) is 10.6. The zero-order valence-electron chi connectivity index (χ0n) is 7.72. The maximum atomic E-state index is 11.3. The smallest absolute Gasteiger partial charge is 0.260 e. The summed E-state index contributed by atoms with van der Waals surface area (Å²) in [6, 6.07) is -0.449. The first-order valence-corrected chi connectivity index (χ1v) is 4.61. The lowest BCUT2D eigenvalue weighted by Gasteiger charge is -2.12. The second-order valence-electron chi connectivity index (χ2n) is 2.85. The van der Waals surface area contributed by atoms with Crippen molar-refractivity contribution in [1.29, 1.82) is 0 Å². The highest BCUT2D eigenvalue weighted by Crippen LogP contribution is 2.05. The van der Waals surface area contributed by atoms with Crippen LogP contribution in [0.4, 0.5) is 0 Å². The first kappa shape index (κ1) is 10.7. The third kappa shape index (κ3) is 2.84. The molecular formula is C7H12N4O2S. The van der Waals surface area contributed by atoms with E-state index in [9.17, 15) is 9.59 Å². The van der Waals surface area contributed by atoms with Gasteiger partial charge >= 0.3 is 0 Å². The summed E-state index contributed by atoms with van der Waals surface area (Å²) in [5.41, 5.74) is 4.88. The molecule has 0 aromatic heterocycles. The highest BCUT2D eigenvalue weighted by molar-refractivity contribution is 7.80. The molecule has 0 aliphatic carbocycles. The van der Waals surface area contributed by atoms with Gasteiger partial charge in [-0.3, -0.25) is 20.4 Å². The van der Waals surface area contributed by atoms with Crippen LogP contribution in [0.15, 0.2) is 0 Å². The van der Waals surface area contributed by atoms with Gasteiger partial charge in [0.15, 0.2) is 5.11 Å². The SMILES string of the molecule is CNC(=S)NNC(=O)C1CCC(=O)N1. The maximum absolute atomic E-state index is 11.3. The van der Waals surface area contributed by atoms with Crippen LogP contribution in [-0.4, -0.2) is 30.0 Å². The predicted molar refractivity (Wildman–Crippen MR) is 54.1 cm³/mol. The topological polar surface area (TPSA) is 82.3 Å². The minimum absolute atomic E-state index is 0.0960. The normalized spacial score (nSPS) is 19.8. The second kappa shape index (κ2) is 4.75. The largest absolute Gasteiger partial charge is 0.364 e. The Morgan fingerprint density at radius 1 is 1.57 bits per heavy atom. The molecule has 0 aromatic rings. The van der Waals surface area contributed by atoms with Gasteiger partial charge in [0, 0.05) is 13.5 Å². The summed E-state index contributed by atoms with van der Waals surface area (Å²) >= 11 is 4.75. The van der Waals surface area contributed by atoms with E-state index in [-0.39, 0.29) is 11.8 Å². The van der Waals surface area contributed by atoms with Gasteiger partial charge in [0.25, 0.3) is 5.91 Å². The van der Waals surface area contributed by atoms with Gasteiger partial charge in [-0.15, -0.1) is 0 Å². The molecule has 7 heteroatoms. The minimum Gasteiger partial charge on any atom is -0.364 e. The lowest BCUT2D eigenvalue weighted by molar-refractivity contribution is -0.126. The van der Waals surface area contributed by atoms with Crippen LogP contribution in [0, 0.1) is 0 Å². The molecule has 0 radical (unpaired) electrons. The third-order valence-corrected chi connectivity index (χ3v) is 2.14. The van der Waals surface area contributed by atoms with E-state index in [1.807, 2.05) is 0 Å².